The summed E-state index contributed by atoms with van der Waals surface area (Å²) < 4.78 is 0. The Morgan fingerprint density at radius 1 is 1.11 bits per heavy atom. The molecular formula is C3H12ClN5. The van der Waals surface area contributed by atoms with Crippen molar-refractivity contribution in [2.75, 3.05) is 14.1 Å². The molecule has 6 heteroatoms. The Hall–Kier alpha value is -0.520. The zero-order chi connectivity index (χ0) is 6.41. The molecule has 0 saturated heterocycles. The van der Waals surface area contributed by atoms with Crippen LogP contribution in [0.4, 0.5) is 0 Å². The molecule has 56 valence electrons. The molecule has 0 radical (unpaired) electrons. The van der Waals surface area contributed by atoms with Crippen LogP contribution >= 0.6 is 12.4 Å². The van der Waals surface area contributed by atoms with Gasteiger partial charge in [-0.2, -0.15) is 0 Å². The molecule has 0 unspecified atom stereocenters. The Labute approximate surface area is 60.4 Å². The number of guanidine groups is 1. The van der Waals surface area contributed by atoms with Crippen molar-refractivity contribution in [3.8, 4) is 0 Å². The van der Waals surface area contributed by atoms with Gasteiger partial charge in [0.1, 0.15) is 0 Å². The average Bonchev–Trinajstić information content (AvgIpc) is 1.68. The Morgan fingerprint density at radius 2 is 1.44 bits per heavy atom. The van der Waals surface area contributed by atoms with Gasteiger partial charge < -0.3 is 0 Å². The second kappa shape index (κ2) is 7.48. The van der Waals surface area contributed by atoms with Crippen LogP contribution in [0.3, 0.4) is 0 Å². The maximum Gasteiger partial charge on any atom is 0.217 e. The fraction of sp³-hybridized carbons (Fsp3) is 0.667. The minimum Gasteiger partial charge on any atom is -0.291 e. The summed E-state index contributed by atoms with van der Waals surface area (Å²) in [6.07, 6.45) is 0. The normalized spacial score (nSPS) is 7.33. The molecule has 0 aliphatic rings. The second-order valence-corrected chi connectivity index (χ2v) is 1.12. The standard InChI is InChI=1S/C3H11N5.ClH/c1-5-7-3(4)8-6-2;/h5-6H,1-2H3,(H3,4,7,8);1H. The predicted octanol–water partition coefficient (Wildman–Crippen LogP) is -1.21. The Kier molecular flexibility index (Phi) is 9.39. The van der Waals surface area contributed by atoms with Crippen LogP contribution in [0.15, 0.2) is 0 Å². The zero-order valence-electron chi connectivity index (χ0n) is 5.41. The van der Waals surface area contributed by atoms with Crippen molar-refractivity contribution < 1.29 is 0 Å². The summed E-state index contributed by atoms with van der Waals surface area (Å²) in [7, 11) is 3.37. The van der Waals surface area contributed by atoms with E-state index in [0.717, 1.165) is 0 Å². The molecule has 0 heterocycles. The van der Waals surface area contributed by atoms with E-state index in [1.165, 1.54) is 0 Å². The first kappa shape index (κ1) is 11.3. The van der Waals surface area contributed by atoms with Gasteiger partial charge in [0.2, 0.25) is 5.96 Å². The van der Waals surface area contributed by atoms with E-state index in [0.29, 0.717) is 0 Å². The zero-order valence-corrected chi connectivity index (χ0v) is 6.22. The molecule has 0 rings (SSSR count). The highest BCUT2D eigenvalue weighted by Gasteiger charge is 1.83. The van der Waals surface area contributed by atoms with Crippen LogP contribution < -0.4 is 21.7 Å². The van der Waals surface area contributed by atoms with Crippen LogP contribution in [0.1, 0.15) is 0 Å². The van der Waals surface area contributed by atoms with Gasteiger partial charge in [0.15, 0.2) is 0 Å². The number of hydrogen-bond donors (Lipinski definition) is 5. The van der Waals surface area contributed by atoms with Gasteiger partial charge in [0.25, 0.3) is 0 Å². The largest absolute Gasteiger partial charge is 0.291 e. The molecule has 0 aliphatic carbocycles. The summed E-state index contributed by atoms with van der Waals surface area (Å²) in [5.74, 6) is 0.190. The summed E-state index contributed by atoms with van der Waals surface area (Å²) in [5.41, 5.74) is 10.2. The molecule has 0 aliphatic heterocycles. The third-order valence-electron chi connectivity index (χ3n) is 0.500. The maximum absolute atomic E-state index is 6.94. The van der Waals surface area contributed by atoms with Crippen molar-refractivity contribution >= 4 is 18.4 Å². The number of hydrazine groups is 2. The summed E-state index contributed by atoms with van der Waals surface area (Å²) >= 11 is 0. The van der Waals surface area contributed by atoms with E-state index in [9.17, 15) is 0 Å². The number of halogens is 1. The maximum atomic E-state index is 6.94. The van der Waals surface area contributed by atoms with Crippen LogP contribution in [-0.2, 0) is 0 Å². The quantitative estimate of drug-likeness (QED) is 0.196. The molecule has 5 N–H and O–H groups in total. The van der Waals surface area contributed by atoms with Crippen LogP contribution in [0.25, 0.3) is 0 Å². The lowest BCUT2D eigenvalue weighted by molar-refractivity contribution is 0.675. The van der Waals surface area contributed by atoms with Gasteiger partial charge in [-0.25, -0.2) is 10.9 Å². The van der Waals surface area contributed by atoms with E-state index < -0.39 is 0 Å². The molecule has 0 bridgehead atoms. The molecule has 5 nitrogen and oxygen atoms in total. The first-order valence-corrected chi connectivity index (χ1v) is 2.25. The smallest absolute Gasteiger partial charge is 0.217 e. The van der Waals surface area contributed by atoms with Gasteiger partial charge in [0, 0.05) is 14.1 Å². The van der Waals surface area contributed by atoms with Gasteiger partial charge in [0.05, 0.1) is 0 Å². The SMILES string of the molecule is CNNC(=N)NNC.Cl. The summed E-state index contributed by atoms with van der Waals surface area (Å²) in [6, 6.07) is 0. The predicted molar refractivity (Wildman–Crippen MR) is 39.4 cm³/mol. The number of nitrogens with one attached hydrogen (secondary N) is 5. The lowest BCUT2D eigenvalue weighted by Gasteiger charge is -2.05. The van der Waals surface area contributed by atoms with Crippen molar-refractivity contribution in [3.05, 3.63) is 0 Å². The Balaban J connectivity index is 0. The lowest BCUT2D eigenvalue weighted by atomic mass is 11.0. The van der Waals surface area contributed by atoms with Gasteiger partial charge in [-0.1, -0.05) is 0 Å². The highest BCUT2D eigenvalue weighted by molar-refractivity contribution is 5.85. The van der Waals surface area contributed by atoms with Gasteiger partial charge in [-0.3, -0.25) is 16.3 Å². The molecule has 9 heavy (non-hydrogen) atoms. The van der Waals surface area contributed by atoms with Crippen molar-refractivity contribution in [1.82, 2.24) is 21.7 Å². The Morgan fingerprint density at radius 3 is 1.67 bits per heavy atom. The molecule has 0 atom stereocenters. The van der Waals surface area contributed by atoms with Crippen molar-refractivity contribution in [2.24, 2.45) is 0 Å². The topological polar surface area (TPSA) is 72.0 Å². The van der Waals surface area contributed by atoms with Crippen LogP contribution in [-0.4, -0.2) is 20.1 Å². The van der Waals surface area contributed by atoms with E-state index in [4.69, 9.17) is 5.41 Å². The number of rotatable bonds is 2. The molecule has 0 saturated carbocycles. The molecule has 0 fully saturated rings. The fourth-order valence-corrected chi connectivity index (χ4v) is 0.281. The summed E-state index contributed by atoms with van der Waals surface area (Å²) in [6.45, 7) is 0. The van der Waals surface area contributed by atoms with E-state index in [1.807, 2.05) is 0 Å². The lowest BCUT2D eigenvalue weighted by Crippen LogP contribution is -2.47. The van der Waals surface area contributed by atoms with Crippen LogP contribution in [0.2, 0.25) is 0 Å². The molecule has 0 amide bonds. The van der Waals surface area contributed by atoms with E-state index in [1.54, 1.807) is 14.1 Å². The molecule has 0 aromatic rings. The van der Waals surface area contributed by atoms with Gasteiger partial charge in [-0.15, -0.1) is 12.4 Å². The fourth-order valence-electron chi connectivity index (χ4n) is 0.281. The third kappa shape index (κ3) is 7.48. The van der Waals surface area contributed by atoms with E-state index in [-0.39, 0.29) is 18.4 Å². The van der Waals surface area contributed by atoms with Crippen molar-refractivity contribution in [1.29, 1.82) is 5.41 Å². The molecular weight excluding hydrogens is 142 g/mol. The summed E-state index contributed by atoms with van der Waals surface area (Å²) in [4.78, 5) is 0. The van der Waals surface area contributed by atoms with Gasteiger partial charge in [-0.05, 0) is 0 Å². The first-order valence-electron chi connectivity index (χ1n) is 2.25. The monoisotopic (exact) mass is 153 g/mol. The first-order chi connectivity index (χ1) is 3.81. The highest BCUT2D eigenvalue weighted by atomic mass is 35.5. The van der Waals surface area contributed by atoms with Gasteiger partial charge >= 0.3 is 0 Å². The minimum atomic E-state index is 0. The van der Waals surface area contributed by atoms with Crippen molar-refractivity contribution in [2.45, 2.75) is 0 Å². The Bertz CT molecular complexity index is 66.6. The minimum absolute atomic E-state index is 0. The highest BCUT2D eigenvalue weighted by Crippen LogP contribution is 1.44. The van der Waals surface area contributed by atoms with E-state index >= 15 is 0 Å². The third-order valence-corrected chi connectivity index (χ3v) is 0.500. The van der Waals surface area contributed by atoms with Crippen LogP contribution in [0, 0.1) is 5.41 Å². The molecule has 0 aromatic carbocycles. The van der Waals surface area contributed by atoms with E-state index in [2.05, 4.69) is 21.7 Å². The molecule has 0 spiro atoms. The second-order valence-electron chi connectivity index (χ2n) is 1.12. The van der Waals surface area contributed by atoms with Crippen LogP contribution in [0.5, 0.6) is 0 Å². The average molecular weight is 154 g/mol. The van der Waals surface area contributed by atoms with Crippen molar-refractivity contribution in [3.63, 3.8) is 0 Å². The molecule has 0 aromatic heterocycles. The number of hydrogen-bond acceptors (Lipinski definition) is 3. The summed E-state index contributed by atoms with van der Waals surface area (Å²) in [5, 5.41) is 6.94.